The number of nitrogens with zero attached hydrogens (tertiary/aromatic N) is 4. The molecule has 6 rings (SSSR count). The average Bonchev–Trinajstić information content (AvgIpc) is 3.39. The van der Waals surface area contributed by atoms with Gasteiger partial charge in [0.05, 0.1) is 11.2 Å². The third kappa shape index (κ3) is 3.50. The standard InChI is InChI=1S/C23H23N7O2/c1-13-8-17-19(11-24-13)25-12-26-22(17)32-16-4-5-20-15(9-16)6-7-30(20)23(31)27-21-10-18(28-29-21)14-2-3-14/h4-7,9-10,12-14,24H,2-3,8,11H2,1H3,(H2,27,28,29,31). The number of aromatic nitrogens is 5. The number of rotatable bonds is 4. The summed E-state index contributed by atoms with van der Waals surface area (Å²) < 4.78 is 7.70. The summed E-state index contributed by atoms with van der Waals surface area (Å²) in [5.41, 5.74) is 3.88. The Morgan fingerprint density at radius 3 is 3.00 bits per heavy atom. The molecule has 3 aromatic heterocycles. The fourth-order valence-electron chi connectivity index (χ4n) is 4.17. The van der Waals surface area contributed by atoms with Crippen LogP contribution in [0.15, 0.2) is 42.9 Å². The lowest BCUT2D eigenvalue weighted by Crippen LogP contribution is -2.33. The van der Waals surface area contributed by atoms with Gasteiger partial charge in [0.15, 0.2) is 5.82 Å². The van der Waals surface area contributed by atoms with E-state index in [9.17, 15) is 4.79 Å². The molecule has 0 bridgehead atoms. The summed E-state index contributed by atoms with van der Waals surface area (Å²) in [6, 6.07) is 9.54. The molecule has 1 atom stereocenters. The monoisotopic (exact) mass is 429 g/mol. The maximum Gasteiger partial charge on any atom is 0.331 e. The Labute approximate surface area is 184 Å². The molecule has 0 spiro atoms. The molecule has 1 amide bonds. The number of aromatic amines is 1. The van der Waals surface area contributed by atoms with Crippen molar-refractivity contribution in [2.75, 3.05) is 5.32 Å². The van der Waals surface area contributed by atoms with Crippen LogP contribution in [-0.4, -0.2) is 36.8 Å². The van der Waals surface area contributed by atoms with Gasteiger partial charge < -0.3 is 10.1 Å². The third-order valence-electron chi connectivity index (χ3n) is 6.07. The van der Waals surface area contributed by atoms with Gasteiger partial charge in [0.1, 0.15) is 12.1 Å². The van der Waals surface area contributed by atoms with Crippen LogP contribution in [0.2, 0.25) is 0 Å². The van der Waals surface area contributed by atoms with Gasteiger partial charge in [-0.1, -0.05) is 0 Å². The number of benzene rings is 1. The molecule has 1 aromatic carbocycles. The maximum absolute atomic E-state index is 12.8. The highest BCUT2D eigenvalue weighted by Crippen LogP contribution is 2.39. The molecule has 2 aliphatic rings. The lowest BCUT2D eigenvalue weighted by atomic mass is 10.0. The van der Waals surface area contributed by atoms with E-state index in [-0.39, 0.29) is 6.03 Å². The van der Waals surface area contributed by atoms with Crippen LogP contribution in [0.5, 0.6) is 11.6 Å². The molecular weight excluding hydrogens is 406 g/mol. The van der Waals surface area contributed by atoms with E-state index >= 15 is 0 Å². The number of ether oxygens (including phenoxy) is 1. The van der Waals surface area contributed by atoms with Crippen molar-refractivity contribution in [2.45, 2.75) is 44.7 Å². The summed E-state index contributed by atoms with van der Waals surface area (Å²) in [6.07, 6.45) is 6.46. The summed E-state index contributed by atoms with van der Waals surface area (Å²) >= 11 is 0. The van der Waals surface area contributed by atoms with Crippen LogP contribution in [0, 0.1) is 0 Å². The number of amides is 1. The van der Waals surface area contributed by atoms with Gasteiger partial charge in [-0.3, -0.25) is 15.0 Å². The zero-order chi connectivity index (χ0) is 21.7. The first kappa shape index (κ1) is 19.0. The van der Waals surface area contributed by atoms with Crippen molar-refractivity contribution in [3.8, 4) is 11.6 Å². The summed E-state index contributed by atoms with van der Waals surface area (Å²) in [5.74, 6) is 2.35. The maximum atomic E-state index is 12.8. The van der Waals surface area contributed by atoms with Crippen molar-refractivity contribution in [3.05, 3.63) is 59.8 Å². The first-order valence-corrected chi connectivity index (χ1v) is 10.9. The van der Waals surface area contributed by atoms with Crippen LogP contribution in [0.3, 0.4) is 0 Å². The Morgan fingerprint density at radius 1 is 1.22 bits per heavy atom. The minimum absolute atomic E-state index is 0.256. The zero-order valence-electron chi connectivity index (χ0n) is 17.6. The van der Waals surface area contributed by atoms with Gasteiger partial charge in [-0.15, -0.1) is 0 Å². The smallest absolute Gasteiger partial charge is 0.331 e. The molecule has 32 heavy (non-hydrogen) atoms. The number of fused-ring (bicyclic) bond motifs is 2. The van der Waals surface area contributed by atoms with E-state index in [4.69, 9.17) is 4.74 Å². The molecule has 162 valence electrons. The first-order valence-electron chi connectivity index (χ1n) is 10.9. The average molecular weight is 429 g/mol. The first-order chi connectivity index (χ1) is 15.6. The fraction of sp³-hybridized carbons (Fsp3) is 0.304. The summed E-state index contributed by atoms with van der Waals surface area (Å²) in [5, 5.41) is 14.4. The normalized spacial score (nSPS) is 17.8. The van der Waals surface area contributed by atoms with E-state index in [2.05, 4.69) is 37.7 Å². The molecule has 9 heteroatoms. The van der Waals surface area contributed by atoms with Gasteiger partial charge in [0, 0.05) is 47.4 Å². The molecule has 1 saturated carbocycles. The van der Waals surface area contributed by atoms with E-state index in [0.717, 1.165) is 34.3 Å². The summed E-state index contributed by atoms with van der Waals surface area (Å²) in [7, 11) is 0. The number of H-pyrrole nitrogens is 1. The SMILES string of the molecule is CC1Cc2c(ncnc2Oc2ccc3c(ccn3C(=O)Nc3cc(C4CC4)[nH]n3)c2)CN1. The minimum atomic E-state index is -0.256. The number of hydrogen-bond donors (Lipinski definition) is 3. The number of nitrogens with one attached hydrogen (secondary N) is 3. The van der Waals surface area contributed by atoms with E-state index in [0.29, 0.717) is 36.0 Å². The Balaban J connectivity index is 1.23. The van der Waals surface area contributed by atoms with E-state index in [1.54, 1.807) is 10.8 Å². The molecule has 4 aromatic rings. The Kier molecular flexibility index (Phi) is 4.43. The predicted molar refractivity (Wildman–Crippen MR) is 119 cm³/mol. The van der Waals surface area contributed by atoms with Gasteiger partial charge in [-0.05, 0) is 50.5 Å². The quantitative estimate of drug-likeness (QED) is 0.453. The highest BCUT2D eigenvalue weighted by Gasteiger charge is 2.26. The Hall–Kier alpha value is -3.72. The zero-order valence-corrected chi connectivity index (χ0v) is 17.6. The second-order valence-electron chi connectivity index (χ2n) is 8.51. The molecule has 1 fully saturated rings. The molecule has 1 aliphatic carbocycles. The Bertz CT molecular complexity index is 1320. The van der Waals surface area contributed by atoms with Crippen molar-refractivity contribution in [1.29, 1.82) is 0 Å². The van der Waals surface area contributed by atoms with Crippen LogP contribution in [0.1, 0.15) is 42.6 Å². The van der Waals surface area contributed by atoms with Crippen molar-refractivity contribution < 1.29 is 9.53 Å². The van der Waals surface area contributed by atoms with Gasteiger partial charge in [-0.2, -0.15) is 5.10 Å². The predicted octanol–water partition coefficient (Wildman–Crippen LogP) is 3.94. The van der Waals surface area contributed by atoms with Crippen molar-refractivity contribution in [2.24, 2.45) is 0 Å². The summed E-state index contributed by atoms with van der Waals surface area (Å²) in [4.78, 5) is 21.5. The molecule has 9 nitrogen and oxygen atoms in total. The fourth-order valence-corrected chi connectivity index (χ4v) is 4.17. The number of carbonyl (C=O) groups is 1. The molecule has 0 saturated heterocycles. The Morgan fingerprint density at radius 2 is 2.12 bits per heavy atom. The molecular formula is C23H23N7O2. The second kappa shape index (κ2) is 7.45. The largest absolute Gasteiger partial charge is 0.439 e. The number of carbonyl (C=O) groups excluding carboxylic acids is 1. The summed E-state index contributed by atoms with van der Waals surface area (Å²) in [6.45, 7) is 2.85. The van der Waals surface area contributed by atoms with Crippen molar-refractivity contribution >= 4 is 22.8 Å². The molecule has 3 N–H and O–H groups in total. The van der Waals surface area contributed by atoms with Crippen LogP contribution in [0.25, 0.3) is 10.9 Å². The van der Waals surface area contributed by atoms with Crippen LogP contribution in [0.4, 0.5) is 10.6 Å². The lowest BCUT2D eigenvalue weighted by molar-refractivity contribution is 0.254. The van der Waals surface area contributed by atoms with Crippen LogP contribution < -0.4 is 15.4 Å². The minimum Gasteiger partial charge on any atom is -0.439 e. The van der Waals surface area contributed by atoms with Crippen molar-refractivity contribution in [1.82, 2.24) is 30.0 Å². The van der Waals surface area contributed by atoms with E-state index in [1.807, 2.05) is 30.3 Å². The van der Waals surface area contributed by atoms with E-state index < -0.39 is 0 Å². The van der Waals surface area contributed by atoms with Gasteiger partial charge in [-0.25, -0.2) is 14.8 Å². The number of hydrogen-bond acceptors (Lipinski definition) is 6. The number of anilines is 1. The van der Waals surface area contributed by atoms with Crippen LogP contribution in [-0.2, 0) is 13.0 Å². The lowest BCUT2D eigenvalue weighted by Gasteiger charge is -2.23. The van der Waals surface area contributed by atoms with Gasteiger partial charge in [0.25, 0.3) is 0 Å². The second-order valence-corrected chi connectivity index (χ2v) is 8.51. The van der Waals surface area contributed by atoms with Gasteiger partial charge >= 0.3 is 6.03 Å². The van der Waals surface area contributed by atoms with E-state index in [1.165, 1.54) is 19.2 Å². The third-order valence-corrected chi connectivity index (χ3v) is 6.07. The van der Waals surface area contributed by atoms with Crippen molar-refractivity contribution in [3.63, 3.8) is 0 Å². The topological polar surface area (TPSA) is 110 Å². The molecule has 1 aliphatic heterocycles. The molecule has 0 radical (unpaired) electrons. The van der Waals surface area contributed by atoms with Gasteiger partial charge in [0.2, 0.25) is 5.88 Å². The molecule has 4 heterocycles. The molecule has 1 unspecified atom stereocenters. The highest BCUT2D eigenvalue weighted by molar-refractivity contribution is 5.98. The van der Waals surface area contributed by atoms with Crippen LogP contribution >= 0.6 is 0 Å². The highest BCUT2D eigenvalue weighted by atomic mass is 16.5.